The predicted molar refractivity (Wildman–Crippen MR) is 74.7 cm³/mol. The Labute approximate surface area is 121 Å². The van der Waals surface area contributed by atoms with Crippen LogP contribution >= 0.6 is 39.0 Å². The number of nitrogens with zero attached hydrogens (tertiary/aromatic N) is 1. The van der Waals surface area contributed by atoms with Gasteiger partial charge in [0.05, 0.1) is 3.79 Å². The van der Waals surface area contributed by atoms with E-state index in [-0.39, 0.29) is 10.8 Å². The van der Waals surface area contributed by atoms with Crippen molar-refractivity contribution in [2.24, 2.45) is 0 Å². The SMILES string of the molecule is O=C(O)C1CSCCN1S(=O)(=O)c1ccc(Br)s1. The van der Waals surface area contributed by atoms with Crippen LogP contribution in [0, 0.1) is 0 Å². The van der Waals surface area contributed by atoms with Gasteiger partial charge in [0.15, 0.2) is 0 Å². The Morgan fingerprint density at radius 1 is 1.50 bits per heavy atom. The van der Waals surface area contributed by atoms with Crippen LogP contribution in [0.1, 0.15) is 0 Å². The van der Waals surface area contributed by atoms with E-state index in [4.69, 9.17) is 5.11 Å². The third kappa shape index (κ3) is 2.74. The summed E-state index contributed by atoms with van der Waals surface area (Å²) in [5.74, 6) is -0.183. The molecule has 0 spiro atoms. The van der Waals surface area contributed by atoms with E-state index in [0.29, 0.717) is 15.3 Å². The Balaban J connectivity index is 2.36. The average Bonchev–Trinajstić information content (AvgIpc) is 2.76. The average molecular weight is 372 g/mol. The highest BCUT2D eigenvalue weighted by Crippen LogP contribution is 2.31. The van der Waals surface area contributed by atoms with E-state index in [1.54, 1.807) is 6.07 Å². The Bertz CT molecular complexity index is 556. The van der Waals surface area contributed by atoms with Crippen LogP contribution in [0.15, 0.2) is 20.1 Å². The maximum Gasteiger partial charge on any atom is 0.322 e. The molecule has 2 rings (SSSR count). The minimum Gasteiger partial charge on any atom is -0.480 e. The molecule has 1 fully saturated rings. The van der Waals surface area contributed by atoms with Gasteiger partial charge in [-0.2, -0.15) is 16.1 Å². The van der Waals surface area contributed by atoms with Crippen molar-refractivity contribution in [1.82, 2.24) is 4.31 Å². The molecule has 1 aliphatic rings. The third-order valence-electron chi connectivity index (χ3n) is 2.48. The Hall–Kier alpha value is -0.0900. The molecule has 1 aliphatic heterocycles. The highest BCUT2D eigenvalue weighted by molar-refractivity contribution is 9.11. The fraction of sp³-hybridized carbons (Fsp3) is 0.444. The highest BCUT2D eigenvalue weighted by atomic mass is 79.9. The van der Waals surface area contributed by atoms with Crippen molar-refractivity contribution in [3.8, 4) is 0 Å². The molecule has 0 amide bonds. The van der Waals surface area contributed by atoms with Crippen LogP contribution in [0.25, 0.3) is 0 Å². The molecule has 1 N–H and O–H groups in total. The minimum atomic E-state index is -3.71. The number of thiophene rings is 1. The first-order chi connectivity index (χ1) is 8.43. The molecule has 1 unspecified atom stereocenters. The third-order valence-corrected chi connectivity index (χ3v) is 7.50. The fourth-order valence-corrected chi connectivity index (χ4v) is 6.59. The van der Waals surface area contributed by atoms with Gasteiger partial charge in [0.25, 0.3) is 10.0 Å². The Kier molecular flexibility index (Phi) is 4.37. The predicted octanol–water partition coefficient (Wildman–Crippen LogP) is 1.70. The van der Waals surface area contributed by atoms with Crippen molar-refractivity contribution < 1.29 is 18.3 Å². The molecular weight excluding hydrogens is 362 g/mol. The van der Waals surface area contributed by atoms with Crippen molar-refractivity contribution in [3.63, 3.8) is 0 Å². The molecule has 0 radical (unpaired) electrons. The topological polar surface area (TPSA) is 74.7 Å². The molecule has 5 nitrogen and oxygen atoms in total. The van der Waals surface area contributed by atoms with Crippen LogP contribution in [0.5, 0.6) is 0 Å². The number of hydrogen-bond acceptors (Lipinski definition) is 5. The van der Waals surface area contributed by atoms with Crippen LogP contribution in [-0.2, 0) is 14.8 Å². The van der Waals surface area contributed by atoms with Crippen LogP contribution in [0.2, 0.25) is 0 Å². The highest BCUT2D eigenvalue weighted by Gasteiger charge is 2.38. The van der Waals surface area contributed by atoms with E-state index < -0.39 is 22.0 Å². The lowest BCUT2D eigenvalue weighted by molar-refractivity contribution is -0.140. The van der Waals surface area contributed by atoms with Gasteiger partial charge in [-0.3, -0.25) is 4.79 Å². The summed E-state index contributed by atoms with van der Waals surface area (Å²) in [7, 11) is -3.71. The first-order valence-electron chi connectivity index (χ1n) is 5.00. The van der Waals surface area contributed by atoms with Crippen molar-refractivity contribution in [3.05, 3.63) is 15.9 Å². The zero-order chi connectivity index (χ0) is 13.3. The summed E-state index contributed by atoms with van der Waals surface area (Å²) in [6.45, 7) is 0.236. The molecule has 2 heterocycles. The molecule has 1 saturated heterocycles. The van der Waals surface area contributed by atoms with Gasteiger partial charge in [0.1, 0.15) is 10.3 Å². The summed E-state index contributed by atoms with van der Waals surface area (Å²) in [5.41, 5.74) is 0. The summed E-state index contributed by atoms with van der Waals surface area (Å²) in [5, 5.41) is 9.10. The second-order valence-corrected chi connectivity index (χ2v) is 9.33. The largest absolute Gasteiger partial charge is 0.480 e. The zero-order valence-electron chi connectivity index (χ0n) is 9.08. The summed E-state index contributed by atoms with van der Waals surface area (Å²) in [4.78, 5) is 11.1. The molecule has 0 aromatic carbocycles. The summed E-state index contributed by atoms with van der Waals surface area (Å²) >= 11 is 5.76. The first kappa shape index (κ1) is 14.3. The van der Waals surface area contributed by atoms with Gasteiger partial charge < -0.3 is 5.11 Å². The van der Waals surface area contributed by atoms with Crippen molar-refractivity contribution >= 4 is 55.0 Å². The van der Waals surface area contributed by atoms with Crippen LogP contribution in [0.4, 0.5) is 0 Å². The summed E-state index contributed by atoms with van der Waals surface area (Å²) in [6.07, 6.45) is 0. The van der Waals surface area contributed by atoms with E-state index >= 15 is 0 Å². The summed E-state index contributed by atoms with van der Waals surface area (Å²) in [6, 6.07) is 2.16. The minimum absolute atomic E-state index is 0.174. The molecule has 1 atom stereocenters. The monoisotopic (exact) mass is 371 g/mol. The molecule has 1 aromatic rings. The lowest BCUT2D eigenvalue weighted by Crippen LogP contribution is -2.49. The van der Waals surface area contributed by atoms with Crippen LogP contribution in [0.3, 0.4) is 0 Å². The number of hydrogen-bond donors (Lipinski definition) is 1. The number of rotatable bonds is 3. The van der Waals surface area contributed by atoms with E-state index in [9.17, 15) is 13.2 Å². The molecule has 100 valence electrons. The van der Waals surface area contributed by atoms with Gasteiger partial charge >= 0.3 is 5.97 Å². The summed E-state index contributed by atoms with van der Waals surface area (Å²) < 4.78 is 26.7. The molecule has 0 bridgehead atoms. The van der Waals surface area contributed by atoms with Gasteiger partial charge in [-0.1, -0.05) is 0 Å². The molecular formula is C9H10BrNO4S3. The standard InChI is InChI=1S/C9H10BrNO4S3/c10-7-1-2-8(17-7)18(14,15)11-3-4-16-5-6(11)9(12)13/h1-2,6H,3-5H2,(H,12,13). The molecule has 0 aliphatic carbocycles. The van der Waals surface area contributed by atoms with Crippen LogP contribution in [-0.4, -0.2) is 47.9 Å². The first-order valence-corrected chi connectivity index (χ1v) is 9.21. The second-order valence-electron chi connectivity index (χ2n) is 3.60. The van der Waals surface area contributed by atoms with E-state index in [1.807, 2.05) is 0 Å². The fourth-order valence-electron chi connectivity index (χ4n) is 1.62. The van der Waals surface area contributed by atoms with Crippen molar-refractivity contribution in [2.45, 2.75) is 10.3 Å². The smallest absolute Gasteiger partial charge is 0.322 e. The number of sulfonamides is 1. The van der Waals surface area contributed by atoms with Crippen molar-refractivity contribution in [2.75, 3.05) is 18.1 Å². The van der Waals surface area contributed by atoms with Gasteiger partial charge in [-0.25, -0.2) is 8.42 Å². The maximum absolute atomic E-state index is 12.4. The number of thioether (sulfide) groups is 1. The van der Waals surface area contributed by atoms with E-state index in [1.165, 1.54) is 17.8 Å². The van der Waals surface area contributed by atoms with Crippen LogP contribution < -0.4 is 0 Å². The van der Waals surface area contributed by atoms with Crippen molar-refractivity contribution in [1.29, 1.82) is 0 Å². The Morgan fingerprint density at radius 3 is 2.78 bits per heavy atom. The van der Waals surface area contributed by atoms with E-state index in [2.05, 4.69) is 15.9 Å². The van der Waals surface area contributed by atoms with Gasteiger partial charge in [0, 0.05) is 18.1 Å². The molecule has 18 heavy (non-hydrogen) atoms. The molecule has 0 saturated carbocycles. The van der Waals surface area contributed by atoms with E-state index in [0.717, 1.165) is 15.6 Å². The lowest BCUT2D eigenvalue weighted by atomic mass is 10.3. The van der Waals surface area contributed by atoms with Gasteiger partial charge in [-0.05, 0) is 28.1 Å². The zero-order valence-corrected chi connectivity index (χ0v) is 13.1. The number of carboxylic acid groups (broad SMARTS) is 1. The number of carbonyl (C=O) groups is 1. The molecule has 9 heteroatoms. The second kappa shape index (κ2) is 5.49. The molecule has 1 aromatic heterocycles. The lowest BCUT2D eigenvalue weighted by Gasteiger charge is -2.30. The van der Waals surface area contributed by atoms with Gasteiger partial charge in [-0.15, -0.1) is 11.3 Å². The van der Waals surface area contributed by atoms with Gasteiger partial charge in [0.2, 0.25) is 0 Å². The Morgan fingerprint density at radius 2 is 2.22 bits per heavy atom. The number of carboxylic acids is 1. The number of aliphatic carboxylic acids is 1. The number of halogens is 1. The normalized spacial score (nSPS) is 21.9. The maximum atomic E-state index is 12.4. The quantitative estimate of drug-likeness (QED) is 0.874.